The van der Waals surface area contributed by atoms with E-state index in [0.717, 1.165) is 0 Å². The van der Waals surface area contributed by atoms with Gasteiger partial charge < -0.3 is 15.4 Å². The lowest BCUT2D eigenvalue weighted by atomic mass is 10.4. The summed E-state index contributed by atoms with van der Waals surface area (Å²) in [6.07, 6.45) is 0.708. The van der Waals surface area contributed by atoms with Crippen LogP contribution >= 0.6 is 0 Å². The maximum absolute atomic E-state index is 10.8. The number of carbonyl (C=O) groups is 2. The molecule has 0 unspecified atom stereocenters. The van der Waals surface area contributed by atoms with Crippen molar-refractivity contribution in [2.24, 2.45) is 0 Å². The minimum atomic E-state index is -0.618. The van der Waals surface area contributed by atoms with Gasteiger partial charge in [-0.25, -0.2) is 0 Å². The molecule has 5 nitrogen and oxygen atoms in total. The number of methoxy groups -OCH3 is 1. The molecule has 12 heavy (non-hydrogen) atoms. The Bertz CT molecular complexity index is 159. The van der Waals surface area contributed by atoms with Gasteiger partial charge in [0.2, 0.25) is 0 Å². The Hall–Kier alpha value is -1.10. The van der Waals surface area contributed by atoms with E-state index < -0.39 is 11.8 Å². The highest BCUT2D eigenvalue weighted by molar-refractivity contribution is 6.34. The Labute approximate surface area is 71.5 Å². The minimum Gasteiger partial charge on any atom is -0.385 e. The van der Waals surface area contributed by atoms with Gasteiger partial charge in [-0.1, -0.05) is 0 Å². The van der Waals surface area contributed by atoms with Crippen LogP contribution in [0, 0.1) is 0 Å². The van der Waals surface area contributed by atoms with Crippen LogP contribution in [0.1, 0.15) is 6.42 Å². The fourth-order valence-corrected chi connectivity index (χ4v) is 0.612. The molecule has 0 aromatic rings. The van der Waals surface area contributed by atoms with Gasteiger partial charge in [-0.05, 0) is 6.42 Å². The maximum atomic E-state index is 10.8. The Morgan fingerprint density at radius 2 is 2.00 bits per heavy atom. The van der Waals surface area contributed by atoms with E-state index in [9.17, 15) is 9.59 Å². The summed E-state index contributed by atoms with van der Waals surface area (Å²) in [6, 6.07) is 0. The SMILES string of the molecule is CNC(=O)C(=O)NCCCOC. The number of nitrogens with one attached hydrogen (secondary N) is 2. The normalized spacial score (nSPS) is 9.17. The van der Waals surface area contributed by atoms with Gasteiger partial charge in [0.1, 0.15) is 0 Å². The van der Waals surface area contributed by atoms with Crippen molar-refractivity contribution in [1.29, 1.82) is 0 Å². The Morgan fingerprint density at radius 1 is 1.33 bits per heavy atom. The molecule has 0 saturated carbocycles. The van der Waals surface area contributed by atoms with Gasteiger partial charge in [0.15, 0.2) is 0 Å². The first kappa shape index (κ1) is 10.9. The molecule has 2 amide bonds. The molecule has 0 heterocycles. The zero-order chi connectivity index (χ0) is 9.40. The van der Waals surface area contributed by atoms with Crippen molar-refractivity contribution < 1.29 is 14.3 Å². The molecule has 5 heteroatoms. The number of ether oxygens (including phenoxy) is 1. The van der Waals surface area contributed by atoms with Crippen molar-refractivity contribution in [2.75, 3.05) is 27.3 Å². The third-order valence-corrected chi connectivity index (χ3v) is 1.24. The standard InChI is InChI=1S/C7H14N2O3/c1-8-6(10)7(11)9-4-3-5-12-2/h3-5H2,1-2H3,(H,8,10)(H,9,11). The number of amides is 2. The lowest BCUT2D eigenvalue weighted by Crippen LogP contribution is -2.38. The number of hydrogen-bond donors (Lipinski definition) is 2. The molecule has 0 saturated heterocycles. The molecule has 0 radical (unpaired) electrons. The molecule has 0 rings (SSSR count). The highest BCUT2D eigenvalue weighted by Gasteiger charge is 2.08. The minimum absolute atomic E-state index is 0.458. The summed E-state index contributed by atoms with van der Waals surface area (Å²) in [5.41, 5.74) is 0. The molecule has 0 bridgehead atoms. The third-order valence-electron chi connectivity index (χ3n) is 1.24. The molecule has 0 aromatic carbocycles. The fourth-order valence-electron chi connectivity index (χ4n) is 0.612. The molecule has 70 valence electrons. The molecule has 0 atom stereocenters. The lowest BCUT2D eigenvalue weighted by molar-refractivity contribution is -0.138. The lowest BCUT2D eigenvalue weighted by Gasteiger charge is -2.02. The summed E-state index contributed by atoms with van der Waals surface area (Å²) in [5.74, 6) is -1.22. The second kappa shape index (κ2) is 6.60. The van der Waals surface area contributed by atoms with E-state index >= 15 is 0 Å². The average Bonchev–Trinajstić information content (AvgIpc) is 2.10. The third kappa shape index (κ3) is 4.68. The van der Waals surface area contributed by atoms with Crippen LogP contribution in [0.3, 0.4) is 0 Å². The van der Waals surface area contributed by atoms with Crippen LogP contribution in [-0.4, -0.2) is 39.1 Å². The topological polar surface area (TPSA) is 67.4 Å². The van der Waals surface area contributed by atoms with Crippen molar-refractivity contribution in [1.82, 2.24) is 10.6 Å². The van der Waals surface area contributed by atoms with E-state index in [1.54, 1.807) is 7.11 Å². The Kier molecular flexibility index (Phi) is 6.00. The molecule has 0 spiro atoms. The second-order valence-electron chi connectivity index (χ2n) is 2.18. The molecule has 2 N–H and O–H groups in total. The number of carbonyl (C=O) groups excluding carboxylic acids is 2. The maximum Gasteiger partial charge on any atom is 0.309 e. The van der Waals surface area contributed by atoms with Crippen LogP contribution in [-0.2, 0) is 14.3 Å². The van der Waals surface area contributed by atoms with Gasteiger partial charge >= 0.3 is 11.8 Å². The quantitative estimate of drug-likeness (QED) is 0.419. The number of rotatable bonds is 4. The van der Waals surface area contributed by atoms with E-state index in [1.807, 2.05) is 0 Å². The van der Waals surface area contributed by atoms with Crippen LogP contribution in [0.4, 0.5) is 0 Å². The molecule has 0 aliphatic heterocycles. The smallest absolute Gasteiger partial charge is 0.309 e. The van der Waals surface area contributed by atoms with E-state index in [4.69, 9.17) is 4.74 Å². The van der Waals surface area contributed by atoms with Crippen molar-refractivity contribution in [2.45, 2.75) is 6.42 Å². The summed E-state index contributed by atoms with van der Waals surface area (Å²) in [4.78, 5) is 21.4. The summed E-state index contributed by atoms with van der Waals surface area (Å²) >= 11 is 0. The van der Waals surface area contributed by atoms with Gasteiger partial charge in [0, 0.05) is 27.3 Å². The van der Waals surface area contributed by atoms with Gasteiger partial charge in [0.25, 0.3) is 0 Å². The first-order valence-electron chi connectivity index (χ1n) is 3.71. The average molecular weight is 174 g/mol. The second-order valence-corrected chi connectivity index (χ2v) is 2.18. The summed E-state index contributed by atoms with van der Waals surface area (Å²) in [6.45, 7) is 1.04. The number of hydrogen-bond acceptors (Lipinski definition) is 3. The van der Waals surface area contributed by atoms with E-state index in [-0.39, 0.29) is 0 Å². The molecular weight excluding hydrogens is 160 g/mol. The van der Waals surface area contributed by atoms with E-state index in [1.165, 1.54) is 7.05 Å². The van der Waals surface area contributed by atoms with Crippen molar-refractivity contribution in [3.63, 3.8) is 0 Å². The molecule has 0 aliphatic carbocycles. The van der Waals surface area contributed by atoms with Gasteiger partial charge in [-0.2, -0.15) is 0 Å². The largest absolute Gasteiger partial charge is 0.385 e. The molecular formula is C7H14N2O3. The van der Waals surface area contributed by atoms with E-state index in [2.05, 4.69) is 10.6 Å². The predicted molar refractivity (Wildman–Crippen MR) is 43.6 cm³/mol. The van der Waals surface area contributed by atoms with Crippen LogP contribution in [0.5, 0.6) is 0 Å². The zero-order valence-electron chi connectivity index (χ0n) is 7.35. The summed E-state index contributed by atoms with van der Waals surface area (Å²) < 4.78 is 4.76. The molecule has 0 aromatic heterocycles. The van der Waals surface area contributed by atoms with Crippen molar-refractivity contribution >= 4 is 11.8 Å². The molecule has 0 aliphatic rings. The van der Waals surface area contributed by atoms with Gasteiger partial charge in [-0.3, -0.25) is 9.59 Å². The molecule has 0 fully saturated rings. The summed E-state index contributed by atoms with van der Waals surface area (Å²) in [7, 11) is 3.00. The van der Waals surface area contributed by atoms with Crippen LogP contribution < -0.4 is 10.6 Å². The van der Waals surface area contributed by atoms with Crippen LogP contribution in [0.15, 0.2) is 0 Å². The number of likely N-dealkylation sites (N-methyl/N-ethyl adjacent to an activating group) is 1. The van der Waals surface area contributed by atoms with Crippen LogP contribution in [0.2, 0.25) is 0 Å². The highest BCUT2D eigenvalue weighted by atomic mass is 16.5. The fraction of sp³-hybridized carbons (Fsp3) is 0.714. The van der Waals surface area contributed by atoms with E-state index in [0.29, 0.717) is 19.6 Å². The monoisotopic (exact) mass is 174 g/mol. The summed E-state index contributed by atoms with van der Waals surface area (Å²) in [5, 5.41) is 4.66. The first-order chi connectivity index (χ1) is 5.72. The first-order valence-corrected chi connectivity index (χ1v) is 3.71. The Balaban J connectivity index is 3.38. The predicted octanol–water partition coefficient (Wildman–Crippen LogP) is -1.11. The van der Waals surface area contributed by atoms with Crippen LogP contribution in [0.25, 0.3) is 0 Å². The van der Waals surface area contributed by atoms with Crippen molar-refractivity contribution in [3.05, 3.63) is 0 Å². The highest BCUT2D eigenvalue weighted by Crippen LogP contribution is 1.77. The zero-order valence-corrected chi connectivity index (χ0v) is 7.35. The van der Waals surface area contributed by atoms with Gasteiger partial charge in [0.05, 0.1) is 0 Å². The van der Waals surface area contributed by atoms with Crippen molar-refractivity contribution in [3.8, 4) is 0 Å². The Morgan fingerprint density at radius 3 is 2.50 bits per heavy atom. The van der Waals surface area contributed by atoms with Gasteiger partial charge in [-0.15, -0.1) is 0 Å².